The molecule has 0 heterocycles. The smallest absolute Gasteiger partial charge is 0.240 e. The fourth-order valence-electron chi connectivity index (χ4n) is 1.88. The zero-order chi connectivity index (χ0) is 15.9. The van der Waals surface area contributed by atoms with Crippen LogP contribution in [0.1, 0.15) is 11.1 Å². The number of hydrogen-bond acceptors (Lipinski definition) is 5. The number of rotatable bonds is 9. The van der Waals surface area contributed by atoms with Crippen LogP contribution >= 0.6 is 0 Å². The van der Waals surface area contributed by atoms with Crippen LogP contribution in [0.25, 0.3) is 0 Å². The molecule has 7 heteroatoms. The molecule has 0 saturated heterocycles. The van der Waals surface area contributed by atoms with Crippen molar-refractivity contribution in [1.29, 1.82) is 0 Å². The summed E-state index contributed by atoms with van der Waals surface area (Å²) in [5.41, 5.74) is 2.01. The van der Waals surface area contributed by atoms with Crippen molar-refractivity contribution in [3.63, 3.8) is 0 Å². The normalized spacial score (nSPS) is 13.3. The summed E-state index contributed by atoms with van der Waals surface area (Å²) in [5, 5.41) is 3.03. The maximum Gasteiger partial charge on any atom is 0.240 e. The number of methoxy groups -OCH3 is 2. The van der Waals surface area contributed by atoms with E-state index in [2.05, 4.69) is 10.0 Å². The summed E-state index contributed by atoms with van der Waals surface area (Å²) in [6, 6.07) is 5.10. The molecule has 0 amide bonds. The van der Waals surface area contributed by atoms with Gasteiger partial charge < -0.3 is 14.8 Å². The molecule has 1 rings (SSSR count). The van der Waals surface area contributed by atoms with Gasteiger partial charge in [-0.25, -0.2) is 13.1 Å². The molecule has 0 bridgehead atoms. The van der Waals surface area contributed by atoms with Crippen LogP contribution in [-0.4, -0.2) is 48.9 Å². The van der Waals surface area contributed by atoms with Gasteiger partial charge in [-0.2, -0.15) is 0 Å². The van der Waals surface area contributed by atoms with Crippen molar-refractivity contribution in [3.8, 4) is 0 Å². The van der Waals surface area contributed by atoms with E-state index in [-0.39, 0.29) is 17.5 Å². The van der Waals surface area contributed by atoms with E-state index in [0.717, 1.165) is 11.1 Å². The molecule has 1 aromatic carbocycles. The maximum atomic E-state index is 12.3. The molecule has 6 nitrogen and oxygen atoms in total. The van der Waals surface area contributed by atoms with E-state index in [4.69, 9.17) is 9.47 Å². The summed E-state index contributed by atoms with van der Waals surface area (Å²) >= 11 is 0. The number of aryl methyl sites for hydroxylation is 1. The van der Waals surface area contributed by atoms with Gasteiger partial charge in [0.15, 0.2) is 0 Å². The molecule has 0 radical (unpaired) electrons. The van der Waals surface area contributed by atoms with Crippen LogP contribution in [0.5, 0.6) is 0 Å². The van der Waals surface area contributed by atoms with E-state index in [1.165, 1.54) is 7.11 Å². The summed E-state index contributed by atoms with van der Waals surface area (Å²) in [6.45, 7) is 3.08. The van der Waals surface area contributed by atoms with E-state index in [1.54, 1.807) is 19.2 Å². The van der Waals surface area contributed by atoms with Crippen molar-refractivity contribution >= 4 is 10.0 Å². The first kappa shape index (κ1) is 18.1. The van der Waals surface area contributed by atoms with Crippen LogP contribution < -0.4 is 10.0 Å². The van der Waals surface area contributed by atoms with Crippen molar-refractivity contribution in [2.45, 2.75) is 24.5 Å². The minimum absolute atomic E-state index is 0.169. The summed E-state index contributed by atoms with van der Waals surface area (Å²) in [4.78, 5) is 0.255. The molecule has 1 aromatic rings. The fraction of sp³-hybridized carbons (Fsp3) is 0.571. The Hall–Kier alpha value is -0.990. The van der Waals surface area contributed by atoms with Gasteiger partial charge in [0.25, 0.3) is 0 Å². The van der Waals surface area contributed by atoms with Crippen molar-refractivity contribution in [1.82, 2.24) is 10.0 Å². The van der Waals surface area contributed by atoms with Crippen LogP contribution in [0.4, 0.5) is 0 Å². The Balaban J connectivity index is 2.85. The molecule has 0 aliphatic rings. The topological polar surface area (TPSA) is 76.7 Å². The highest BCUT2D eigenvalue weighted by atomic mass is 32.2. The van der Waals surface area contributed by atoms with E-state index in [1.807, 2.05) is 20.0 Å². The highest BCUT2D eigenvalue weighted by molar-refractivity contribution is 7.89. The van der Waals surface area contributed by atoms with Crippen LogP contribution in [0.3, 0.4) is 0 Å². The largest absolute Gasteiger partial charge is 0.382 e. The number of hydrogen-bond donors (Lipinski definition) is 2. The lowest BCUT2D eigenvalue weighted by molar-refractivity contribution is 0.0320. The number of ether oxygens (including phenoxy) is 2. The molecule has 0 spiro atoms. The molecular formula is C14H24N2O4S. The minimum Gasteiger partial charge on any atom is -0.382 e. The number of benzene rings is 1. The summed E-state index contributed by atoms with van der Waals surface area (Å²) in [7, 11) is 1.34. The zero-order valence-corrected chi connectivity index (χ0v) is 13.8. The third-order valence-electron chi connectivity index (χ3n) is 3.19. The second-order valence-electron chi connectivity index (χ2n) is 4.78. The maximum absolute atomic E-state index is 12.3. The first-order chi connectivity index (χ1) is 9.94. The molecule has 1 unspecified atom stereocenters. The Morgan fingerprint density at radius 2 is 2.00 bits per heavy atom. The Morgan fingerprint density at radius 1 is 1.29 bits per heavy atom. The minimum atomic E-state index is -3.55. The molecule has 0 fully saturated rings. The van der Waals surface area contributed by atoms with Gasteiger partial charge in [0.05, 0.1) is 17.6 Å². The molecule has 2 N–H and O–H groups in total. The molecule has 0 aliphatic carbocycles. The van der Waals surface area contributed by atoms with Gasteiger partial charge in [0.1, 0.15) is 0 Å². The van der Waals surface area contributed by atoms with E-state index >= 15 is 0 Å². The average molecular weight is 316 g/mol. The quantitative estimate of drug-likeness (QED) is 0.700. The Morgan fingerprint density at radius 3 is 2.57 bits per heavy atom. The molecule has 21 heavy (non-hydrogen) atoms. The third-order valence-corrected chi connectivity index (χ3v) is 4.61. The van der Waals surface area contributed by atoms with Crippen LogP contribution in [-0.2, 0) is 26.0 Å². The molecule has 0 aliphatic heterocycles. The molecule has 0 aromatic heterocycles. The van der Waals surface area contributed by atoms with Crippen LogP contribution in [0, 0.1) is 6.92 Å². The Kier molecular flexibility index (Phi) is 7.27. The van der Waals surface area contributed by atoms with Crippen molar-refractivity contribution in [2.75, 3.05) is 34.4 Å². The standard InChI is InChI=1S/C14H24N2O4S/c1-11-5-6-14(7-12(11)8-15-2)21(17,18)16-9-13(20-4)10-19-3/h5-7,13,15-16H,8-10H2,1-4H3. The van der Waals surface area contributed by atoms with E-state index < -0.39 is 10.0 Å². The lowest BCUT2D eigenvalue weighted by Gasteiger charge is -2.16. The van der Waals surface area contributed by atoms with Gasteiger partial charge in [0, 0.05) is 27.3 Å². The number of nitrogens with one attached hydrogen (secondary N) is 2. The first-order valence-corrected chi connectivity index (χ1v) is 8.18. The highest BCUT2D eigenvalue weighted by Crippen LogP contribution is 2.15. The first-order valence-electron chi connectivity index (χ1n) is 6.70. The highest BCUT2D eigenvalue weighted by Gasteiger charge is 2.17. The predicted octanol–water partition coefficient (Wildman–Crippen LogP) is 0.654. The fourth-order valence-corrected chi connectivity index (χ4v) is 2.99. The zero-order valence-electron chi connectivity index (χ0n) is 13.0. The van der Waals surface area contributed by atoms with Gasteiger partial charge >= 0.3 is 0 Å². The van der Waals surface area contributed by atoms with Crippen molar-refractivity contribution < 1.29 is 17.9 Å². The molecule has 1 atom stereocenters. The molecule has 0 saturated carbocycles. The Labute approximate surface area is 126 Å². The average Bonchev–Trinajstić information content (AvgIpc) is 2.45. The van der Waals surface area contributed by atoms with Gasteiger partial charge in [0.2, 0.25) is 10.0 Å². The summed E-state index contributed by atoms with van der Waals surface area (Å²) < 4.78 is 37.2. The van der Waals surface area contributed by atoms with Gasteiger partial charge in [-0.3, -0.25) is 0 Å². The SMILES string of the molecule is CNCc1cc(S(=O)(=O)NCC(COC)OC)ccc1C. The van der Waals surface area contributed by atoms with Gasteiger partial charge in [-0.05, 0) is 37.2 Å². The van der Waals surface area contributed by atoms with Crippen molar-refractivity contribution in [2.24, 2.45) is 0 Å². The van der Waals surface area contributed by atoms with E-state index in [0.29, 0.717) is 13.2 Å². The Bertz CT molecular complexity index is 546. The predicted molar refractivity (Wildman–Crippen MR) is 81.8 cm³/mol. The summed E-state index contributed by atoms with van der Waals surface area (Å²) in [5.74, 6) is 0. The number of sulfonamides is 1. The van der Waals surface area contributed by atoms with Crippen molar-refractivity contribution in [3.05, 3.63) is 29.3 Å². The monoisotopic (exact) mass is 316 g/mol. The van der Waals surface area contributed by atoms with Crippen LogP contribution in [0.15, 0.2) is 23.1 Å². The third kappa shape index (κ3) is 5.37. The van der Waals surface area contributed by atoms with E-state index in [9.17, 15) is 8.42 Å². The second kappa shape index (κ2) is 8.45. The molecule has 120 valence electrons. The van der Waals surface area contributed by atoms with Gasteiger partial charge in [-0.15, -0.1) is 0 Å². The summed E-state index contributed by atoms with van der Waals surface area (Å²) in [6.07, 6.45) is -0.313. The van der Waals surface area contributed by atoms with Crippen LogP contribution in [0.2, 0.25) is 0 Å². The van der Waals surface area contributed by atoms with Gasteiger partial charge in [-0.1, -0.05) is 6.07 Å². The molecular weight excluding hydrogens is 292 g/mol. The lowest BCUT2D eigenvalue weighted by atomic mass is 10.1. The lowest BCUT2D eigenvalue weighted by Crippen LogP contribution is -2.35. The second-order valence-corrected chi connectivity index (χ2v) is 6.55.